The predicted octanol–water partition coefficient (Wildman–Crippen LogP) is 13.6. The maximum absolute atomic E-state index is 2.54. The zero-order valence-electron chi connectivity index (χ0n) is 30.7. The second-order valence-electron chi connectivity index (χ2n) is 17.9. The van der Waals surface area contributed by atoms with Gasteiger partial charge in [0.25, 0.3) is 0 Å². The van der Waals surface area contributed by atoms with Gasteiger partial charge in [-0.3, -0.25) is 0 Å². The smallest absolute Gasteiger partial charge is 0.0465 e. The Balaban J connectivity index is 1.07. The Bertz CT molecular complexity index is 2010. The first-order valence-electron chi connectivity index (χ1n) is 20.2. The maximum atomic E-state index is 2.54. The Morgan fingerprint density at radius 1 is 0.471 bits per heavy atom. The van der Waals surface area contributed by atoms with Crippen molar-refractivity contribution in [2.45, 2.75) is 107 Å². The average Bonchev–Trinajstić information content (AvgIpc) is 3.28. The Kier molecular flexibility index (Phi) is 7.43. The number of anilines is 3. The number of hydrogen-bond acceptors (Lipinski definition) is 1. The monoisotopic (exact) mass is 667 g/mol. The highest BCUT2D eigenvalue weighted by molar-refractivity contribution is 5.85. The Labute approximate surface area is 306 Å². The van der Waals surface area contributed by atoms with Crippen molar-refractivity contribution >= 4 is 17.1 Å². The first-order chi connectivity index (χ1) is 24.9. The summed E-state index contributed by atoms with van der Waals surface area (Å²) in [4.78, 5) is 2.54. The van der Waals surface area contributed by atoms with Gasteiger partial charge < -0.3 is 4.90 Å². The third-order valence-electron chi connectivity index (χ3n) is 14.6. The van der Waals surface area contributed by atoms with Crippen LogP contribution in [0.1, 0.15) is 119 Å². The van der Waals surface area contributed by atoms with Crippen molar-refractivity contribution in [3.05, 3.63) is 149 Å². The molecule has 0 saturated heterocycles. The van der Waals surface area contributed by atoms with Crippen molar-refractivity contribution < 1.29 is 0 Å². The maximum Gasteiger partial charge on any atom is 0.0465 e. The Morgan fingerprint density at radius 2 is 0.980 bits per heavy atom. The molecule has 1 heteroatoms. The SMILES string of the molecule is CC1(C)c2ccccc2-c2ccc(N(c3ccc(C45CC6CC(CC(C6)C4)C5)cc3)c3ccc(C4(c5ccccc5)CCCCCC4)cc3)cc21. The summed E-state index contributed by atoms with van der Waals surface area (Å²) in [6, 6.07) is 47.4. The largest absolute Gasteiger partial charge is 0.310 e. The van der Waals surface area contributed by atoms with E-state index in [-0.39, 0.29) is 10.8 Å². The molecule has 11 rings (SSSR count). The van der Waals surface area contributed by atoms with Gasteiger partial charge in [0.05, 0.1) is 0 Å². The zero-order valence-corrected chi connectivity index (χ0v) is 30.7. The lowest BCUT2D eigenvalue weighted by Crippen LogP contribution is -2.48. The minimum Gasteiger partial charge on any atom is -0.310 e. The molecule has 5 aromatic carbocycles. The van der Waals surface area contributed by atoms with Crippen LogP contribution >= 0.6 is 0 Å². The third kappa shape index (κ3) is 5.08. The van der Waals surface area contributed by atoms with E-state index in [1.54, 1.807) is 5.56 Å². The van der Waals surface area contributed by atoms with Gasteiger partial charge in [-0.15, -0.1) is 0 Å². The van der Waals surface area contributed by atoms with Gasteiger partial charge >= 0.3 is 0 Å². The summed E-state index contributed by atoms with van der Waals surface area (Å²) in [6.07, 6.45) is 16.4. The molecule has 0 unspecified atom stereocenters. The van der Waals surface area contributed by atoms with Crippen molar-refractivity contribution in [2.24, 2.45) is 17.8 Å². The van der Waals surface area contributed by atoms with Crippen LogP contribution in [-0.2, 0) is 16.2 Å². The molecule has 1 nitrogen and oxygen atoms in total. The van der Waals surface area contributed by atoms with Crippen LogP contribution in [0.2, 0.25) is 0 Å². The molecule has 0 atom stereocenters. The molecule has 0 aromatic heterocycles. The van der Waals surface area contributed by atoms with Crippen LogP contribution in [0.25, 0.3) is 11.1 Å². The molecular weight excluding hydrogens is 615 g/mol. The normalized spacial score (nSPS) is 26.7. The molecule has 51 heavy (non-hydrogen) atoms. The number of benzene rings is 5. The summed E-state index contributed by atoms with van der Waals surface area (Å²) in [5.41, 5.74) is 14.4. The molecule has 5 aromatic rings. The standard InChI is InChI=1S/C50H53N/c1-48(2)46-15-9-8-14-44(46)45-25-24-43(31-47(45)48)51(41-20-16-38(17-21-41)49-32-35-28-36(33-49)30-37(29-35)34-49)42-22-18-40(19-23-42)50(26-10-3-4-11-27-50)39-12-6-5-7-13-39/h5-9,12-25,31,35-37H,3-4,10-11,26-30,32-34H2,1-2H3. The van der Waals surface area contributed by atoms with Gasteiger partial charge in [-0.1, -0.05) is 124 Å². The van der Waals surface area contributed by atoms with E-state index in [9.17, 15) is 0 Å². The Hall–Kier alpha value is -4.10. The summed E-state index contributed by atoms with van der Waals surface area (Å²) in [7, 11) is 0. The highest BCUT2D eigenvalue weighted by Crippen LogP contribution is 2.61. The van der Waals surface area contributed by atoms with E-state index in [0.29, 0.717) is 5.41 Å². The quantitative estimate of drug-likeness (QED) is 0.163. The van der Waals surface area contributed by atoms with Gasteiger partial charge in [0.1, 0.15) is 0 Å². The molecule has 6 aliphatic rings. The lowest BCUT2D eigenvalue weighted by molar-refractivity contribution is -0.00518. The van der Waals surface area contributed by atoms with E-state index in [4.69, 9.17) is 0 Å². The highest BCUT2D eigenvalue weighted by atomic mass is 15.1. The van der Waals surface area contributed by atoms with Crippen LogP contribution in [0.4, 0.5) is 17.1 Å². The van der Waals surface area contributed by atoms with Crippen LogP contribution in [-0.4, -0.2) is 0 Å². The topological polar surface area (TPSA) is 3.24 Å². The lowest BCUT2D eigenvalue weighted by Gasteiger charge is -2.57. The van der Waals surface area contributed by atoms with Gasteiger partial charge in [0.15, 0.2) is 0 Å². The van der Waals surface area contributed by atoms with Gasteiger partial charge in [-0.05, 0) is 150 Å². The van der Waals surface area contributed by atoms with Gasteiger partial charge in [0.2, 0.25) is 0 Å². The van der Waals surface area contributed by atoms with Crippen molar-refractivity contribution in [1.29, 1.82) is 0 Å². The molecule has 0 aliphatic heterocycles. The first kappa shape index (κ1) is 31.6. The van der Waals surface area contributed by atoms with E-state index >= 15 is 0 Å². The summed E-state index contributed by atoms with van der Waals surface area (Å²) in [5.74, 6) is 2.87. The van der Waals surface area contributed by atoms with E-state index in [0.717, 1.165) is 17.8 Å². The van der Waals surface area contributed by atoms with Gasteiger partial charge in [-0.25, -0.2) is 0 Å². The third-order valence-corrected chi connectivity index (χ3v) is 14.6. The minimum absolute atomic E-state index is 0.0403. The molecule has 0 amide bonds. The van der Waals surface area contributed by atoms with Crippen LogP contribution in [0, 0.1) is 17.8 Å². The van der Waals surface area contributed by atoms with Crippen LogP contribution < -0.4 is 4.90 Å². The number of hydrogen-bond donors (Lipinski definition) is 0. The van der Waals surface area contributed by atoms with E-state index in [1.165, 1.54) is 127 Å². The molecule has 0 heterocycles. The number of rotatable bonds is 6. The molecule has 0 spiro atoms. The second kappa shape index (κ2) is 12.0. The molecule has 0 radical (unpaired) electrons. The fourth-order valence-corrected chi connectivity index (χ4v) is 12.5. The van der Waals surface area contributed by atoms with Crippen molar-refractivity contribution in [1.82, 2.24) is 0 Å². The first-order valence-corrected chi connectivity index (χ1v) is 20.2. The molecule has 258 valence electrons. The highest BCUT2D eigenvalue weighted by Gasteiger charge is 2.51. The summed E-state index contributed by atoms with van der Waals surface area (Å²) in [5, 5.41) is 0. The van der Waals surface area contributed by atoms with E-state index in [1.807, 2.05) is 0 Å². The number of nitrogens with zero attached hydrogens (tertiary/aromatic N) is 1. The zero-order chi connectivity index (χ0) is 34.2. The van der Waals surface area contributed by atoms with Crippen molar-refractivity contribution in [3.8, 4) is 11.1 Å². The molecule has 5 saturated carbocycles. The fraction of sp³-hybridized carbons (Fsp3) is 0.400. The fourth-order valence-electron chi connectivity index (χ4n) is 12.5. The molecule has 5 fully saturated rings. The van der Waals surface area contributed by atoms with Crippen LogP contribution in [0.5, 0.6) is 0 Å². The second-order valence-corrected chi connectivity index (χ2v) is 17.9. The summed E-state index contributed by atoms with van der Waals surface area (Å²) in [6.45, 7) is 4.80. The molecule has 4 bridgehead atoms. The lowest BCUT2D eigenvalue weighted by atomic mass is 9.48. The van der Waals surface area contributed by atoms with Crippen molar-refractivity contribution in [3.63, 3.8) is 0 Å². The van der Waals surface area contributed by atoms with E-state index in [2.05, 4.69) is 140 Å². The number of fused-ring (bicyclic) bond motifs is 3. The van der Waals surface area contributed by atoms with Gasteiger partial charge in [0, 0.05) is 27.9 Å². The van der Waals surface area contributed by atoms with Crippen LogP contribution in [0.15, 0.2) is 121 Å². The summed E-state index contributed by atoms with van der Waals surface area (Å²) >= 11 is 0. The molecule has 6 aliphatic carbocycles. The predicted molar refractivity (Wildman–Crippen MR) is 213 cm³/mol. The summed E-state index contributed by atoms with van der Waals surface area (Å²) < 4.78 is 0. The van der Waals surface area contributed by atoms with Crippen molar-refractivity contribution in [2.75, 3.05) is 4.90 Å². The average molecular weight is 668 g/mol. The van der Waals surface area contributed by atoms with Crippen LogP contribution in [0.3, 0.4) is 0 Å². The van der Waals surface area contributed by atoms with Gasteiger partial charge in [-0.2, -0.15) is 0 Å². The molecule has 0 N–H and O–H groups in total. The minimum atomic E-state index is -0.0403. The van der Waals surface area contributed by atoms with E-state index < -0.39 is 0 Å². The Morgan fingerprint density at radius 3 is 1.61 bits per heavy atom. The molecular formula is C50H53N.